The van der Waals surface area contributed by atoms with Crippen molar-refractivity contribution < 1.29 is 14.1 Å². The smallest absolute Gasteiger partial charge is 0.315 e. The summed E-state index contributed by atoms with van der Waals surface area (Å²) in [5.74, 6) is 3.40. The number of nitrogens with zero attached hydrogens (tertiary/aromatic N) is 3. The summed E-state index contributed by atoms with van der Waals surface area (Å²) in [6.07, 6.45) is 7.87. The number of rotatable bonds is 6. The molecule has 31 heavy (non-hydrogen) atoms. The van der Waals surface area contributed by atoms with Crippen LogP contribution in [0.4, 0.5) is 4.79 Å². The molecule has 1 aliphatic heterocycles. The lowest BCUT2D eigenvalue weighted by Crippen LogP contribution is -2.61. The number of carbonyl (C=O) groups excluding carboxylic acids is 2. The fourth-order valence-electron chi connectivity index (χ4n) is 6.86. The zero-order valence-corrected chi connectivity index (χ0v) is 18.6. The zero-order chi connectivity index (χ0) is 21.4. The number of nitrogens with one attached hydrogen (secondary N) is 2. The van der Waals surface area contributed by atoms with Crippen LogP contribution in [0.25, 0.3) is 0 Å². The van der Waals surface area contributed by atoms with E-state index in [4.69, 9.17) is 4.52 Å². The molecule has 0 aromatic carbocycles. The maximum Gasteiger partial charge on any atom is 0.315 e. The highest BCUT2D eigenvalue weighted by Gasteiger charge is 2.51. The number of amides is 3. The largest absolute Gasteiger partial charge is 0.360 e. The lowest BCUT2D eigenvalue weighted by atomic mass is 9.53. The van der Waals surface area contributed by atoms with E-state index in [1.54, 1.807) is 0 Å². The summed E-state index contributed by atoms with van der Waals surface area (Å²) in [6, 6.07) is 1.86. The van der Waals surface area contributed by atoms with E-state index in [0.29, 0.717) is 26.1 Å². The zero-order valence-electron chi connectivity index (χ0n) is 18.6. The van der Waals surface area contributed by atoms with Crippen LogP contribution in [0.3, 0.4) is 0 Å². The fraction of sp³-hybridized carbons (Fsp3) is 0.783. The maximum absolute atomic E-state index is 12.6. The highest BCUT2D eigenvalue weighted by molar-refractivity contribution is 5.78. The molecule has 5 aliphatic rings. The van der Waals surface area contributed by atoms with Gasteiger partial charge >= 0.3 is 6.03 Å². The van der Waals surface area contributed by atoms with Gasteiger partial charge in [-0.3, -0.25) is 9.69 Å². The molecule has 6 rings (SSSR count). The van der Waals surface area contributed by atoms with E-state index >= 15 is 0 Å². The summed E-state index contributed by atoms with van der Waals surface area (Å²) < 4.78 is 5.29. The number of piperazine rings is 1. The van der Waals surface area contributed by atoms with Crippen LogP contribution in [0, 0.1) is 24.7 Å². The van der Waals surface area contributed by atoms with E-state index in [0.717, 1.165) is 68.1 Å². The molecule has 0 radical (unpaired) electrons. The van der Waals surface area contributed by atoms with Crippen LogP contribution < -0.4 is 10.6 Å². The molecule has 0 atom stereocenters. The van der Waals surface area contributed by atoms with Crippen molar-refractivity contribution >= 4 is 11.9 Å². The molecule has 4 bridgehead atoms. The molecule has 170 valence electrons. The van der Waals surface area contributed by atoms with Gasteiger partial charge in [0.15, 0.2) is 5.76 Å². The Morgan fingerprint density at radius 1 is 1.10 bits per heavy atom. The maximum atomic E-state index is 12.6. The third kappa shape index (κ3) is 4.73. The predicted molar refractivity (Wildman–Crippen MR) is 115 cm³/mol. The summed E-state index contributed by atoms with van der Waals surface area (Å²) in [5.41, 5.74) is 0.907. The van der Waals surface area contributed by atoms with Gasteiger partial charge in [-0.1, -0.05) is 5.16 Å². The first-order valence-electron chi connectivity index (χ1n) is 11.9. The second-order valence-electron chi connectivity index (χ2n) is 10.4. The van der Waals surface area contributed by atoms with E-state index in [-0.39, 0.29) is 17.5 Å². The predicted octanol–water partition coefficient (Wildman–Crippen LogP) is 2.29. The van der Waals surface area contributed by atoms with Gasteiger partial charge in [0.1, 0.15) is 0 Å². The molecule has 8 nitrogen and oxygen atoms in total. The lowest BCUT2D eigenvalue weighted by Gasteiger charge is -2.56. The molecule has 2 N–H and O–H groups in total. The number of urea groups is 1. The fourth-order valence-corrected chi connectivity index (χ4v) is 6.86. The topological polar surface area (TPSA) is 90.7 Å². The molecular weight excluding hydrogens is 394 g/mol. The van der Waals surface area contributed by atoms with Crippen molar-refractivity contribution in [3.8, 4) is 0 Å². The van der Waals surface area contributed by atoms with Crippen molar-refractivity contribution in [1.29, 1.82) is 0 Å². The molecule has 1 aromatic heterocycles. The van der Waals surface area contributed by atoms with Crippen LogP contribution in [0.5, 0.6) is 0 Å². The summed E-state index contributed by atoms with van der Waals surface area (Å²) in [5, 5.41) is 10.2. The summed E-state index contributed by atoms with van der Waals surface area (Å²) in [7, 11) is 0. The van der Waals surface area contributed by atoms with Gasteiger partial charge in [-0.15, -0.1) is 0 Å². The van der Waals surface area contributed by atoms with Gasteiger partial charge in [-0.05, 0) is 63.2 Å². The van der Waals surface area contributed by atoms with Gasteiger partial charge in [0.2, 0.25) is 5.91 Å². The van der Waals surface area contributed by atoms with E-state index < -0.39 is 0 Å². The van der Waals surface area contributed by atoms with Crippen LogP contribution in [-0.4, -0.2) is 65.2 Å². The van der Waals surface area contributed by atoms with Crippen LogP contribution in [0.15, 0.2) is 10.6 Å². The van der Waals surface area contributed by atoms with Gasteiger partial charge < -0.3 is 20.1 Å². The number of carbonyl (C=O) groups is 2. The second kappa shape index (κ2) is 8.45. The SMILES string of the molecule is Cc1cc(CN2CCN(C(=O)CCNC(=O)NC34CC5CC(CC(C5)C3)C4)CC2)on1. The molecule has 4 aliphatic carbocycles. The first-order valence-corrected chi connectivity index (χ1v) is 11.9. The summed E-state index contributed by atoms with van der Waals surface area (Å²) in [6.45, 7) is 6.12. The van der Waals surface area contributed by atoms with Crippen molar-refractivity contribution in [3.05, 3.63) is 17.5 Å². The van der Waals surface area contributed by atoms with Gasteiger partial charge in [0, 0.05) is 50.7 Å². The Morgan fingerprint density at radius 2 is 1.74 bits per heavy atom. The third-order valence-corrected chi connectivity index (χ3v) is 7.82. The Balaban J connectivity index is 1.01. The highest BCUT2D eigenvalue weighted by atomic mass is 16.5. The minimum atomic E-state index is -0.0954. The summed E-state index contributed by atoms with van der Waals surface area (Å²) >= 11 is 0. The molecule has 3 amide bonds. The first kappa shape index (κ1) is 20.8. The van der Waals surface area contributed by atoms with Crippen LogP contribution in [-0.2, 0) is 11.3 Å². The van der Waals surface area contributed by atoms with Gasteiger partial charge in [-0.2, -0.15) is 0 Å². The number of aryl methyl sites for hydroxylation is 1. The molecule has 1 aromatic rings. The number of hydrogen-bond donors (Lipinski definition) is 2. The Bertz CT molecular complexity index is 779. The quantitative estimate of drug-likeness (QED) is 0.724. The van der Waals surface area contributed by atoms with E-state index in [1.807, 2.05) is 17.9 Å². The van der Waals surface area contributed by atoms with Crippen LogP contribution in [0.2, 0.25) is 0 Å². The van der Waals surface area contributed by atoms with Gasteiger partial charge in [0.25, 0.3) is 0 Å². The molecule has 2 heterocycles. The third-order valence-electron chi connectivity index (χ3n) is 7.82. The van der Waals surface area contributed by atoms with Crippen molar-refractivity contribution in [2.75, 3.05) is 32.7 Å². The monoisotopic (exact) mass is 429 g/mol. The van der Waals surface area contributed by atoms with Crippen molar-refractivity contribution in [3.63, 3.8) is 0 Å². The molecule has 8 heteroatoms. The molecule has 4 saturated carbocycles. The van der Waals surface area contributed by atoms with E-state index in [2.05, 4.69) is 20.7 Å². The average molecular weight is 430 g/mol. The van der Waals surface area contributed by atoms with Gasteiger partial charge in [-0.25, -0.2) is 4.79 Å². The average Bonchev–Trinajstić information content (AvgIpc) is 3.11. The minimum absolute atomic E-state index is 0.0151. The molecule has 0 unspecified atom stereocenters. The Hall–Kier alpha value is -2.09. The minimum Gasteiger partial charge on any atom is -0.360 e. The highest BCUT2D eigenvalue weighted by Crippen LogP contribution is 2.55. The van der Waals surface area contributed by atoms with E-state index in [1.165, 1.54) is 19.3 Å². The lowest BCUT2D eigenvalue weighted by molar-refractivity contribution is -0.132. The Labute approximate surface area is 184 Å². The van der Waals surface area contributed by atoms with E-state index in [9.17, 15) is 9.59 Å². The summed E-state index contributed by atoms with van der Waals surface area (Å²) in [4.78, 5) is 29.3. The Morgan fingerprint density at radius 3 is 2.32 bits per heavy atom. The normalized spacial score (nSPS) is 32.3. The first-order chi connectivity index (χ1) is 15.0. The number of aromatic nitrogens is 1. The molecule has 0 spiro atoms. The second-order valence-corrected chi connectivity index (χ2v) is 10.4. The molecular formula is C23H35N5O3. The van der Waals surface area contributed by atoms with Gasteiger partial charge in [0.05, 0.1) is 12.2 Å². The molecule has 5 fully saturated rings. The standard InChI is InChI=1S/C23H35N5O3/c1-16-8-20(31-26-16)15-27-4-6-28(7-5-27)21(29)2-3-24-22(30)25-23-12-17-9-18(13-23)11-19(10-17)14-23/h8,17-19H,2-7,9-15H2,1H3,(H2,24,25,30). The Kier molecular flexibility index (Phi) is 5.67. The number of hydrogen-bond acceptors (Lipinski definition) is 5. The molecule has 1 saturated heterocycles. The van der Waals surface area contributed by atoms with Crippen molar-refractivity contribution in [2.45, 2.75) is 64.0 Å². The van der Waals surface area contributed by atoms with Crippen LogP contribution in [0.1, 0.15) is 56.4 Å². The van der Waals surface area contributed by atoms with Crippen molar-refractivity contribution in [1.82, 2.24) is 25.6 Å². The van der Waals surface area contributed by atoms with Crippen molar-refractivity contribution in [2.24, 2.45) is 17.8 Å². The van der Waals surface area contributed by atoms with Crippen LogP contribution >= 0.6 is 0 Å².